The van der Waals surface area contributed by atoms with E-state index in [9.17, 15) is 5.11 Å². The van der Waals surface area contributed by atoms with Crippen LogP contribution in [0.5, 0.6) is 0 Å². The van der Waals surface area contributed by atoms with Gasteiger partial charge in [0.05, 0.1) is 6.10 Å². The predicted octanol–water partition coefficient (Wildman–Crippen LogP) is 5.99. The molecule has 2 heterocycles. The second-order valence-electron chi connectivity index (χ2n) is 10.3. The minimum atomic E-state index is -0.119. The van der Waals surface area contributed by atoms with Crippen LogP contribution in [0.3, 0.4) is 0 Å². The van der Waals surface area contributed by atoms with E-state index in [0.29, 0.717) is 12.1 Å². The summed E-state index contributed by atoms with van der Waals surface area (Å²) >= 11 is 0. The lowest BCUT2D eigenvalue weighted by Gasteiger charge is -2.34. The number of nitrogens with zero attached hydrogens (tertiary/aromatic N) is 1. The lowest BCUT2D eigenvalue weighted by molar-refractivity contribution is 0.0769. The molecular weight excluding hydrogens is 406 g/mol. The molecule has 1 saturated heterocycles. The molecule has 33 heavy (non-hydrogen) atoms. The number of rotatable bonds is 12. The van der Waals surface area contributed by atoms with Gasteiger partial charge in [-0.15, -0.1) is 0 Å². The number of benzene rings is 1. The number of aromatic amines is 1. The van der Waals surface area contributed by atoms with Crippen molar-refractivity contribution in [3.05, 3.63) is 59.3 Å². The molecule has 0 radical (unpaired) electrons. The number of fused-ring (bicyclic) bond motifs is 1. The van der Waals surface area contributed by atoms with Crippen LogP contribution in [0.4, 0.5) is 0 Å². The highest BCUT2D eigenvalue weighted by Gasteiger charge is 2.22. The van der Waals surface area contributed by atoms with Gasteiger partial charge in [-0.3, -0.25) is 0 Å². The molecule has 1 fully saturated rings. The van der Waals surface area contributed by atoms with Gasteiger partial charge in [0.25, 0.3) is 0 Å². The number of allylic oxidation sites excluding steroid dienone is 4. The molecule has 0 spiro atoms. The summed E-state index contributed by atoms with van der Waals surface area (Å²) < 4.78 is 0. The van der Waals surface area contributed by atoms with E-state index in [1.54, 1.807) is 0 Å². The number of aliphatic hydroxyl groups excluding tert-OH is 1. The molecule has 0 aliphatic carbocycles. The third-order valence-electron chi connectivity index (χ3n) is 6.88. The first-order valence-corrected chi connectivity index (χ1v) is 12.9. The highest BCUT2D eigenvalue weighted by atomic mass is 16.3. The standard InChI is InChI=1S/C29H45N3O/c1-22(2)9-7-10-23(3)11-8-12-24(4)31-26(21-32-17-15-27(33)16-18-32)19-25-20-30-29-14-6-5-13-28(25)29/h5-6,9,11,13-14,20,24,26-27,30-31,33H,7-8,10,12,15-19,21H2,1-4H3. The van der Waals surface area contributed by atoms with Crippen molar-refractivity contribution in [2.45, 2.75) is 90.8 Å². The van der Waals surface area contributed by atoms with Gasteiger partial charge < -0.3 is 20.3 Å². The number of hydrogen-bond donors (Lipinski definition) is 3. The molecule has 3 rings (SSSR count). The van der Waals surface area contributed by atoms with E-state index in [1.165, 1.54) is 27.6 Å². The number of piperidine rings is 1. The predicted molar refractivity (Wildman–Crippen MR) is 142 cm³/mol. The normalized spacial score (nSPS) is 17.9. The number of likely N-dealkylation sites (tertiary alicyclic amines) is 1. The zero-order valence-corrected chi connectivity index (χ0v) is 21.2. The fourth-order valence-electron chi connectivity index (χ4n) is 4.91. The monoisotopic (exact) mass is 451 g/mol. The van der Waals surface area contributed by atoms with Crippen molar-refractivity contribution in [3.63, 3.8) is 0 Å². The molecule has 2 atom stereocenters. The molecule has 1 aliphatic heterocycles. The van der Waals surface area contributed by atoms with Crippen LogP contribution < -0.4 is 5.32 Å². The fourth-order valence-corrected chi connectivity index (χ4v) is 4.91. The summed E-state index contributed by atoms with van der Waals surface area (Å²) in [6.07, 6.45) is 14.2. The SMILES string of the molecule is CC(C)=CCCC(C)=CCCC(C)NC(Cc1c[nH]c2ccccc12)CN1CCC(O)CC1. The van der Waals surface area contributed by atoms with E-state index in [2.05, 4.69) is 85.5 Å². The van der Waals surface area contributed by atoms with E-state index in [4.69, 9.17) is 0 Å². The molecule has 2 aromatic rings. The van der Waals surface area contributed by atoms with Crippen LogP contribution in [0.15, 0.2) is 53.8 Å². The second kappa shape index (κ2) is 13.1. The Balaban J connectivity index is 1.57. The van der Waals surface area contributed by atoms with Crippen LogP contribution in [-0.4, -0.2) is 52.8 Å². The Bertz CT molecular complexity index is 900. The Morgan fingerprint density at radius 3 is 2.67 bits per heavy atom. The lowest BCUT2D eigenvalue weighted by Crippen LogP contribution is -2.48. The quantitative estimate of drug-likeness (QED) is 0.348. The largest absolute Gasteiger partial charge is 0.393 e. The van der Waals surface area contributed by atoms with E-state index >= 15 is 0 Å². The summed E-state index contributed by atoms with van der Waals surface area (Å²) in [5.41, 5.74) is 5.52. The first kappa shape index (κ1) is 25.7. The Labute approximate surface area is 201 Å². The summed E-state index contributed by atoms with van der Waals surface area (Å²) in [5.74, 6) is 0. The van der Waals surface area contributed by atoms with Crippen molar-refractivity contribution in [3.8, 4) is 0 Å². The summed E-state index contributed by atoms with van der Waals surface area (Å²) in [6, 6.07) is 9.47. The number of para-hydroxylation sites is 1. The van der Waals surface area contributed by atoms with Gasteiger partial charge in [0, 0.05) is 48.8 Å². The maximum absolute atomic E-state index is 9.90. The molecule has 0 amide bonds. The minimum absolute atomic E-state index is 0.119. The minimum Gasteiger partial charge on any atom is -0.393 e. The van der Waals surface area contributed by atoms with Gasteiger partial charge >= 0.3 is 0 Å². The summed E-state index contributed by atoms with van der Waals surface area (Å²) in [5, 5.41) is 15.2. The van der Waals surface area contributed by atoms with Gasteiger partial charge in [0.15, 0.2) is 0 Å². The maximum atomic E-state index is 9.90. The zero-order valence-electron chi connectivity index (χ0n) is 21.2. The Hall–Kier alpha value is -1.88. The van der Waals surface area contributed by atoms with Crippen molar-refractivity contribution in [2.75, 3.05) is 19.6 Å². The van der Waals surface area contributed by atoms with Crippen LogP contribution in [0, 0.1) is 0 Å². The summed E-state index contributed by atoms with van der Waals surface area (Å²) in [7, 11) is 0. The van der Waals surface area contributed by atoms with E-state index in [1.807, 2.05) is 0 Å². The smallest absolute Gasteiger partial charge is 0.0564 e. The third kappa shape index (κ3) is 8.77. The maximum Gasteiger partial charge on any atom is 0.0564 e. The Morgan fingerprint density at radius 2 is 1.91 bits per heavy atom. The molecule has 0 saturated carbocycles. The van der Waals surface area contributed by atoms with Gasteiger partial charge in [-0.05, 0) is 84.3 Å². The topological polar surface area (TPSA) is 51.3 Å². The van der Waals surface area contributed by atoms with Gasteiger partial charge in [0.1, 0.15) is 0 Å². The molecule has 182 valence electrons. The van der Waals surface area contributed by atoms with Crippen molar-refractivity contribution < 1.29 is 5.11 Å². The van der Waals surface area contributed by atoms with Gasteiger partial charge in [-0.25, -0.2) is 0 Å². The van der Waals surface area contributed by atoms with Gasteiger partial charge in [0.2, 0.25) is 0 Å². The molecule has 1 aromatic carbocycles. The van der Waals surface area contributed by atoms with Crippen molar-refractivity contribution in [1.29, 1.82) is 0 Å². The van der Waals surface area contributed by atoms with Crippen LogP contribution in [0.25, 0.3) is 10.9 Å². The highest BCUT2D eigenvalue weighted by Crippen LogP contribution is 2.20. The van der Waals surface area contributed by atoms with Crippen molar-refractivity contribution >= 4 is 10.9 Å². The average molecular weight is 452 g/mol. The number of nitrogens with one attached hydrogen (secondary N) is 2. The number of H-pyrrole nitrogens is 1. The molecule has 1 aromatic heterocycles. The van der Waals surface area contributed by atoms with Crippen LogP contribution in [0.2, 0.25) is 0 Å². The van der Waals surface area contributed by atoms with Crippen LogP contribution >= 0.6 is 0 Å². The molecule has 3 N–H and O–H groups in total. The second-order valence-corrected chi connectivity index (χ2v) is 10.3. The molecule has 4 nitrogen and oxygen atoms in total. The average Bonchev–Trinajstić information content (AvgIpc) is 3.18. The number of aliphatic hydroxyl groups is 1. The van der Waals surface area contributed by atoms with Gasteiger partial charge in [-0.1, -0.05) is 41.5 Å². The van der Waals surface area contributed by atoms with Crippen LogP contribution in [-0.2, 0) is 6.42 Å². The molecule has 4 heteroatoms. The number of aromatic nitrogens is 1. The Morgan fingerprint density at radius 1 is 1.15 bits per heavy atom. The number of hydrogen-bond acceptors (Lipinski definition) is 3. The van der Waals surface area contributed by atoms with E-state index < -0.39 is 0 Å². The van der Waals surface area contributed by atoms with Crippen molar-refractivity contribution in [2.24, 2.45) is 0 Å². The van der Waals surface area contributed by atoms with Gasteiger partial charge in [-0.2, -0.15) is 0 Å². The summed E-state index contributed by atoms with van der Waals surface area (Å²) in [6.45, 7) is 12.0. The lowest BCUT2D eigenvalue weighted by atomic mass is 10.0. The third-order valence-corrected chi connectivity index (χ3v) is 6.88. The first-order valence-electron chi connectivity index (χ1n) is 12.9. The highest BCUT2D eigenvalue weighted by molar-refractivity contribution is 5.83. The Kier molecular flexibility index (Phi) is 10.2. The summed E-state index contributed by atoms with van der Waals surface area (Å²) in [4.78, 5) is 5.97. The molecular formula is C29H45N3O. The van der Waals surface area contributed by atoms with Crippen LogP contribution in [0.1, 0.15) is 71.8 Å². The van der Waals surface area contributed by atoms with E-state index in [-0.39, 0.29) is 6.10 Å². The zero-order chi connectivity index (χ0) is 23.6. The van der Waals surface area contributed by atoms with E-state index in [0.717, 1.165) is 64.6 Å². The molecule has 1 aliphatic rings. The fraction of sp³-hybridized carbons (Fsp3) is 0.586. The molecule has 2 unspecified atom stereocenters. The van der Waals surface area contributed by atoms with Crippen molar-refractivity contribution in [1.82, 2.24) is 15.2 Å². The first-order chi connectivity index (χ1) is 15.9. The molecule has 0 bridgehead atoms.